The number of hydrogen-bond donors (Lipinski definition) is 3. The molecule has 0 radical (unpaired) electrons. The fourth-order valence-electron chi connectivity index (χ4n) is 2.61. The van der Waals surface area contributed by atoms with E-state index in [0.717, 1.165) is 5.69 Å². The summed E-state index contributed by atoms with van der Waals surface area (Å²) in [4.78, 5) is 4.22. The van der Waals surface area contributed by atoms with Crippen LogP contribution in [0.25, 0.3) is 0 Å². The average molecular weight is 431 g/mol. The molecule has 0 atom stereocenters. The standard InChI is InChI=1S/C20H23ClN6O3/c1-23-17-5-4-13(10-15(17)19(22)25-18-6-7-27(2)26-18)30-20-16(21)11-14(12-24-20)29-9-8-28-3/h4-7,10-12,23H,8-9H2,1-3H3,(H2,22,25,26). The van der Waals surface area contributed by atoms with Crippen molar-refractivity contribution >= 4 is 28.9 Å². The van der Waals surface area contributed by atoms with Gasteiger partial charge in [-0.25, -0.2) is 4.98 Å². The van der Waals surface area contributed by atoms with Gasteiger partial charge in [-0.05, 0) is 18.2 Å². The van der Waals surface area contributed by atoms with Gasteiger partial charge in [-0.15, -0.1) is 0 Å². The van der Waals surface area contributed by atoms with Gasteiger partial charge in [0.05, 0.1) is 12.8 Å². The maximum absolute atomic E-state index is 8.42. The summed E-state index contributed by atoms with van der Waals surface area (Å²) in [6.45, 7) is 0.865. The maximum Gasteiger partial charge on any atom is 0.238 e. The highest BCUT2D eigenvalue weighted by molar-refractivity contribution is 6.32. The van der Waals surface area contributed by atoms with Crippen LogP contribution in [-0.4, -0.2) is 48.0 Å². The molecule has 2 aromatic heterocycles. The number of hydrogen-bond acceptors (Lipinski definition) is 7. The number of methoxy groups -OCH3 is 1. The maximum atomic E-state index is 8.42. The first-order valence-corrected chi connectivity index (χ1v) is 9.50. The number of aromatic nitrogens is 3. The van der Waals surface area contributed by atoms with E-state index in [4.69, 9.17) is 31.2 Å². The minimum atomic E-state index is 0.171. The largest absolute Gasteiger partial charge is 0.490 e. The summed E-state index contributed by atoms with van der Waals surface area (Å²) in [5.41, 5.74) is 1.37. The van der Waals surface area contributed by atoms with Gasteiger partial charge in [0, 0.05) is 50.8 Å². The van der Waals surface area contributed by atoms with Gasteiger partial charge in [-0.3, -0.25) is 10.1 Å². The number of halogens is 1. The van der Waals surface area contributed by atoms with Gasteiger partial charge in [-0.1, -0.05) is 11.6 Å². The second kappa shape index (κ2) is 9.95. The van der Waals surface area contributed by atoms with Crippen LogP contribution in [0.1, 0.15) is 5.56 Å². The van der Waals surface area contributed by atoms with E-state index in [2.05, 4.69) is 20.7 Å². The molecule has 0 amide bonds. The highest BCUT2D eigenvalue weighted by Gasteiger charge is 2.13. The van der Waals surface area contributed by atoms with Crippen LogP contribution in [0.5, 0.6) is 17.4 Å². The number of nitrogens with one attached hydrogen (secondary N) is 3. The van der Waals surface area contributed by atoms with Crippen LogP contribution in [0.2, 0.25) is 5.02 Å². The van der Waals surface area contributed by atoms with Gasteiger partial charge in [0.25, 0.3) is 0 Å². The molecule has 3 rings (SSSR count). The Balaban J connectivity index is 1.76. The first-order valence-electron chi connectivity index (χ1n) is 9.12. The highest BCUT2D eigenvalue weighted by atomic mass is 35.5. The van der Waals surface area contributed by atoms with E-state index >= 15 is 0 Å². The first kappa shape index (κ1) is 21.4. The topological polar surface area (TPSA) is 106 Å². The Morgan fingerprint density at radius 3 is 2.70 bits per heavy atom. The van der Waals surface area contributed by atoms with Gasteiger partial charge >= 0.3 is 0 Å². The van der Waals surface area contributed by atoms with Crippen LogP contribution < -0.4 is 20.1 Å². The fraction of sp³-hybridized carbons (Fsp3) is 0.250. The quantitative estimate of drug-likeness (QED) is 0.269. The zero-order valence-corrected chi connectivity index (χ0v) is 17.7. The van der Waals surface area contributed by atoms with Crippen molar-refractivity contribution in [1.82, 2.24) is 14.8 Å². The number of amidine groups is 1. The molecule has 0 spiro atoms. The lowest BCUT2D eigenvalue weighted by molar-refractivity contribution is 0.146. The summed E-state index contributed by atoms with van der Waals surface area (Å²) >= 11 is 6.29. The number of aryl methyl sites for hydroxylation is 1. The number of rotatable bonds is 9. The predicted octanol–water partition coefficient (Wildman–Crippen LogP) is 3.77. The molecule has 30 heavy (non-hydrogen) atoms. The molecule has 1 aromatic carbocycles. The molecule has 0 unspecified atom stereocenters. The average Bonchev–Trinajstić information content (AvgIpc) is 3.14. The molecular formula is C20H23ClN6O3. The summed E-state index contributed by atoms with van der Waals surface area (Å²) in [5.74, 6) is 1.99. The molecule has 0 saturated carbocycles. The second-order valence-corrected chi connectivity index (χ2v) is 6.64. The van der Waals surface area contributed by atoms with Crippen molar-refractivity contribution in [1.29, 1.82) is 5.41 Å². The van der Waals surface area contributed by atoms with Crippen LogP contribution in [-0.2, 0) is 11.8 Å². The first-order chi connectivity index (χ1) is 14.5. The SMILES string of the molecule is CNc1ccc(Oc2ncc(OCCOC)cc2Cl)cc1C(=N)Nc1ccn(C)n1. The zero-order chi connectivity index (χ0) is 21.5. The Labute approximate surface area is 179 Å². The molecule has 0 fully saturated rings. The Morgan fingerprint density at radius 2 is 2.03 bits per heavy atom. The Kier molecular flexibility index (Phi) is 7.10. The van der Waals surface area contributed by atoms with Crippen molar-refractivity contribution < 1.29 is 14.2 Å². The predicted molar refractivity (Wildman–Crippen MR) is 116 cm³/mol. The van der Waals surface area contributed by atoms with Crippen LogP contribution in [0.4, 0.5) is 11.5 Å². The third-order valence-corrected chi connectivity index (χ3v) is 4.32. The molecule has 0 aliphatic carbocycles. The van der Waals surface area contributed by atoms with E-state index in [9.17, 15) is 0 Å². The molecule has 0 aliphatic heterocycles. The molecule has 158 valence electrons. The van der Waals surface area contributed by atoms with Crippen LogP contribution in [0.15, 0.2) is 42.7 Å². The molecule has 3 N–H and O–H groups in total. The van der Waals surface area contributed by atoms with E-state index in [-0.39, 0.29) is 11.7 Å². The number of anilines is 2. The van der Waals surface area contributed by atoms with Crippen molar-refractivity contribution in [2.45, 2.75) is 0 Å². The summed E-state index contributed by atoms with van der Waals surface area (Å²) in [6, 6.07) is 8.73. The van der Waals surface area contributed by atoms with Gasteiger partial charge in [0.2, 0.25) is 5.88 Å². The Morgan fingerprint density at radius 1 is 1.20 bits per heavy atom. The number of nitrogens with zero attached hydrogens (tertiary/aromatic N) is 3. The summed E-state index contributed by atoms with van der Waals surface area (Å²) < 4.78 is 17.9. The number of benzene rings is 1. The number of ether oxygens (including phenoxy) is 3. The Bertz CT molecular complexity index is 1020. The van der Waals surface area contributed by atoms with Crippen molar-refractivity contribution in [2.24, 2.45) is 7.05 Å². The van der Waals surface area contributed by atoms with Gasteiger partial charge in [0.1, 0.15) is 29.0 Å². The van der Waals surface area contributed by atoms with Crippen molar-refractivity contribution in [3.63, 3.8) is 0 Å². The molecule has 9 nitrogen and oxygen atoms in total. The summed E-state index contributed by atoms with van der Waals surface area (Å²) in [5, 5.41) is 19.0. The van der Waals surface area contributed by atoms with E-state index in [1.807, 2.05) is 13.1 Å². The normalized spacial score (nSPS) is 10.5. The van der Waals surface area contributed by atoms with Crippen LogP contribution >= 0.6 is 11.6 Å². The van der Waals surface area contributed by atoms with E-state index in [0.29, 0.717) is 41.1 Å². The molecule has 10 heteroatoms. The number of pyridine rings is 1. The highest BCUT2D eigenvalue weighted by Crippen LogP contribution is 2.32. The Hall–Kier alpha value is -3.30. The van der Waals surface area contributed by atoms with Crippen LogP contribution in [0, 0.1) is 5.41 Å². The van der Waals surface area contributed by atoms with E-state index < -0.39 is 0 Å². The monoisotopic (exact) mass is 430 g/mol. The minimum Gasteiger partial charge on any atom is -0.490 e. The molecule has 2 heterocycles. The summed E-state index contributed by atoms with van der Waals surface area (Å²) in [6.07, 6.45) is 3.33. The van der Waals surface area contributed by atoms with Crippen molar-refractivity contribution in [2.75, 3.05) is 38.0 Å². The molecule has 3 aromatic rings. The molecule has 0 saturated heterocycles. The third kappa shape index (κ3) is 5.40. The molecular weight excluding hydrogens is 408 g/mol. The second-order valence-electron chi connectivity index (χ2n) is 6.23. The van der Waals surface area contributed by atoms with Gasteiger partial charge in [0.15, 0.2) is 5.82 Å². The van der Waals surface area contributed by atoms with Crippen molar-refractivity contribution in [3.05, 3.63) is 53.3 Å². The van der Waals surface area contributed by atoms with E-state index in [1.54, 1.807) is 49.3 Å². The third-order valence-electron chi connectivity index (χ3n) is 4.05. The lowest BCUT2D eigenvalue weighted by Gasteiger charge is -2.14. The van der Waals surface area contributed by atoms with Gasteiger partial charge < -0.3 is 24.8 Å². The smallest absolute Gasteiger partial charge is 0.238 e. The summed E-state index contributed by atoms with van der Waals surface area (Å²) in [7, 11) is 5.20. The lowest BCUT2D eigenvalue weighted by Crippen LogP contribution is -2.14. The van der Waals surface area contributed by atoms with Gasteiger partial charge in [-0.2, -0.15) is 5.10 Å². The minimum absolute atomic E-state index is 0.171. The molecule has 0 aliphatic rings. The lowest BCUT2D eigenvalue weighted by atomic mass is 10.1. The fourth-order valence-corrected chi connectivity index (χ4v) is 2.80. The van der Waals surface area contributed by atoms with Crippen molar-refractivity contribution in [3.8, 4) is 17.4 Å². The van der Waals surface area contributed by atoms with Crippen LogP contribution in [0.3, 0.4) is 0 Å². The molecule has 0 bridgehead atoms. The zero-order valence-electron chi connectivity index (χ0n) is 16.9. The van der Waals surface area contributed by atoms with E-state index in [1.165, 1.54) is 6.20 Å².